The first-order valence-electron chi connectivity index (χ1n) is 8.70. The molecule has 7 nitrogen and oxygen atoms in total. The van der Waals surface area contributed by atoms with Crippen LogP contribution in [0, 0.1) is 12.7 Å². The third kappa shape index (κ3) is 3.81. The summed E-state index contributed by atoms with van der Waals surface area (Å²) in [5.74, 6) is 1.07. The van der Waals surface area contributed by atoms with E-state index in [4.69, 9.17) is 4.52 Å². The highest BCUT2D eigenvalue weighted by atomic mass is 19.1. The summed E-state index contributed by atoms with van der Waals surface area (Å²) in [6.45, 7) is 7.16. The number of para-hydroxylation sites is 1. The number of rotatable bonds is 5. The first kappa shape index (κ1) is 16.9. The minimum Gasteiger partial charge on any atom is -0.340 e. The first-order chi connectivity index (χ1) is 12.7. The fourth-order valence-corrected chi connectivity index (χ4v) is 3.18. The Labute approximate surface area is 151 Å². The van der Waals surface area contributed by atoms with Crippen molar-refractivity contribution in [3.63, 3.8) is 0 Å². The van der Waals surface area contributed by atoms with Crippen LogP contribution in [-0.4, -0.2) is 55.9 Å². The number of aryl methyl sites for hydroxylation is 1. The van der Waals surface area contributed by atoms with Gasteiger partial charge < -0.3 is 4.52 Å². The maximum atomic E-state index is 13.9. The minimum absolute atomic E-state index is 0.271. The molecule has 0 saturated carbocycles. The van der Waals surface area contributed by atoms with Gasteiger partial charge in [-0.05, 0) is 12.1 Å². The third-order valence-electron chi connectivity index (χ3n) is 4.54. The van der Waals surface area contributed by atoms with Crippen molar-refractivity contribution in [3.05, 3.63) is 59.8 Å². The van der Waals surface area contributed by atoms with E-state index < -0.39 is 0 Å². The molecule has 0 bridgehead atoms. The highest BCUT2D eigenvalue weighted by Crippen LogP contribution is 2.15. The van der Waals surface area contributed by atoms with Gasteiger partial charge in [-0.15, -0.1) is 0 Å². The molecule has 0 amide bonds. The van der Waals surface area contributed by atoms with Crippen LogP contribution in [0.2, 0.25) is 0 Å². The van der Waals surface area contributed by atoms with Crippen LogP contribution in [0.5, 0.6) is 0 Å². The molecule has 0 radical (unpaired) electrons. The molecule has 1 fully saturated rings. The maximum Gasteiger partial charge on any atom is 0.223 e. The molecule has 4 rings (SSSR count). The standard InChI is InChI=1S/C18H21FN6O/c1-14-21-18(22-26-14)13-24-8-6-23(7-9-24)11-15-10-20-25(12-15)17-5-3-2-4-16(17)19/h2-5,10,12H,6-9,11,13H2,1H3. The third-order valence-corrected chi connectivity index (χ3v) is 4.54. The molecule has 3 heterocycles. The summed E-state index contributed by atoms with van der Waals surface area (Å²) in [6, 6.07) is 6.66. The summed E-state index contributed by atoms with van der Waals surface area (Å²) >= 11 is 0. The van der Waals surface area contributed by atoms with Crippen molar-refractivity contribution in [2.45, 2.75) is 20.0 Å². The number of hydrogen-bond donors (Lipinski definition) is 0. The molecule has 8 heteroatoms. The Morgan fingerprint density at radius 1 is 1.08 bits per heavy atom. The van der Waals surface area contributed by atoms with Crippen molar-refractivity contribution in [2.24, 2.45) is 0 Å². The van der Waals surface area contributed by atoms with Gasteiger partial charge in [-0.3, -0.25) is 9.80 Å². The van der Waals surface area contributed by atoms with E-state index in [1.165, 1.54) is 6.07 Å². The Morgan fingerprint density at radius 3 is 2.50 bits per heavy atom. The lowest BCUT2D eigenvalue weighted by atomic mass is 10.2. The van der Waals surface area contributed by atoms with Crippen LogP contribution in [0.1, 0.15) is 17.3 Å². The molecule has 0 atom stereocenters. The van der Waals surface area contributed by atoms with E-state index >= 15 is 0 Å². The lowest BCUT2D eigenvalue weighted by Crippen LogP contribution is -2.45. The average molecular weight is 356 g/mol. The summed E-state index contributed by atoms with van der Waals surface area (Å²) in [7, 11) is 0. The van der Waals surface area contributed by atoms with Crippen molar-refractivity contribution in [3.8, 4) is 5.69 Å². The van der Waals surface area contributed by atoms with Crippen molar-refractivity contribution in [2.75, 3.05) is 26.2 Å². The topological polar surface area (TPSA) is 63.2 Å². The SMILES string of the molecule is Cc1nc(CN2CCN(Cc3cnn(-c4ccccc4F)c3)CC2)no1. The van der Waals surface area contributed by atoms with Gasteiger partial charge in [0.25, 0.3) is 0 Å². The van der Waals surface area contributed by atoms with Crippen LogP contribution in [-0.2, 0) is 13.1 Å². The van der Waals surface area contributed by atoms with E-state index in [-0.39, 0.29) is 5.82 Å². The van der Waals surface area contributed by atoms with E-state index in [2.05, 4.69) is 25.0 Å². The Bertz CT molecular complexity index is 868. The molecule has 1 saturated heterocycles. The number of hydrogen-bond acceptors (Lipinski definition) is 6. The fraction of sp³-hybridized carbons (Fsp3) is 0.389. The van der Waals surface area contributed by atoms with E-state index in [0.29, 0.717) is 11.6 Å². The predicted octanol–water partition coefficient (Wildman–Crippen LogP) is 2.02. The van der Waals surface area contributed by atoms with Crippen LogP contribution in [0.4, 0.5) is 4.39 Å². The molecule has 1 aliphatic rings. The normalized spacial score (nSPS) is 16.2. The number of halogens is 1. The van der Waals surface area contributed by atoms with Gasteiger partial charge >= 0.3 is 0 Å². The predicted molar refractivity (Wildman–Crippen MR) is 93.1 cm³/mol. The minimum atomic E-state index is -0.271. The molecule has 2 aromatic heterocycles. The molecular weight excluding hydrogens is 335 g/mol. The highest BCUT2D eigenvalue weighted by Gasteiger charge is 2.19. The van der Waals surface area contributed by atoms with Crippen molar-refractivity contribution < 1.29 is 8.91 Å². The Balaban J connectivity index is 1.31. The summed E-state index contributed by atoms with van der Waals surface area (Å²) in [5.41, 5.74) is 1.55. The van der Waals surface area contributed by atoms with Crippen LogP contribution < -0.4 is 0 Å². The molecule has 1 aromatic carbocycles. The second-order valence-corrected chi connectivity index (χ2v) is 6.53. The van der Waals surface area contributed by atoms with Crippen LogP contribution >= 0.6 is 0 Å². The number of nitrogens with zero attached hydrogens (tertiary/aromatic N) is 6. The molecular formula is C18H21FN6O. The number of benzene rings is 1. The van der Waals surface area contributed by atoms with Gasteiger partial charge in [0.1, 0.15) is 11.5 Å². The van der Waals surface area contributed by atoms with Crippen LogP contribution in [0.15, 0.2) is 41.2 Å². The molecule has 0 spiro atoms. The zero-order valence-electron chi connectivity index (χ0n) is 14.7. The quantitative estimate of drug-likeness (QED) is 0.697. The van der Waals surface area contributed by atoms with E-state index in [0.717, 1.165) is 50.7 Å². The van der Waals surface area contributed by atoms with E-state index in [1.807, 2.05) is 12.3 Å². The van der Waals surface area contributed by atoms with E-state index in [9.17, 15) is 4.39 Å². The molecule has 136 valence electrons. The lowest BCUT2D eigenvalue weighted by Gasteiger charge is -2.33. The maximum absolute atomic E-state index is 13.9. The number of aromatic nitrogens is 4. The summed E-state index contributed by atoms with van der Waals surface area (Å²) < 4.78 is 20.5. The Morgan fingerprint density at radius 2 is 1.81 bits per heavy atom. The van der Waals surface area contributed by atoms with Gasteiger partial charge in [-0.1, -0.05) is 17.3 Å². The van der Waals surface area contributed by atoms with Crippen molar-refractivity contribution in [1.29, 1.82) is 0 Å². The molecule has 26 heavy (non-hydrogen) atoms. The lowest BCUT2D eigenvalue weighted by molar-refractivity contribution is 0.119. The fourth-order valence-electron chi connectivity index (χ4n) is 3.18. The van der Waals surface area contributed by atoms with E-state index in [1.54, 1.807) is 29.9 Å². The van der Waals surface area contributed by atoms with Gasteiger partial charge in [-0.2, -0.15) is 10.1 Å². The van der Waals surface area contributed by atoms with Gasteiger partial charge in [0.2, 0.25) is 5.89 Å². The molecule has 1 aliphatic heterocycles. The van der Waals surface area contributed by atoms with Gasteiger partial charge in [0, 0.05) is 51.4 Å². The Kier molecular flexibility index (Phi) is 4.77. The zero-order valence-corrected chi connectivity index (χ0v) is 14.7. The Hall–Kier alpha value is -2.58. The summed E-state index contributed by atoms with van der Waals surface area (Å²) in [5, 5.41) is 8.25. The summed E-state index contributed by atoms with van der Waals surface area (Å²) in [4.78, 5) is 8.95. The number of piperazine rings is 1. The van der Waals surface area contributed by atoms with Crippen molar-refractivity contribution in [1.82, 2.24) is 29.7 Å². The smallest absolute Gasteiger partial charge is 0.223 e. The highest BCUT2D eigenvalue weighted by molar-refractivity contribution is 5.32. The second kappa shape index (κ2) is 7.35. The van der Waals surface area contributed by atoms with Crippen LogP contribution in [0.3, 0.4) is 0 Å². The molecule has 0 unspecified atom stereocenters. The monoisotopic (exact) mass is 356 g/mol. The second-order valence-electron chi connectivity index (χ2n) is 6.53. The zero-order chi connectivity index (χ0) is 17.9. The van der Waals surface area contributed by atoms with Crippen LogP contribution in [0.25, 0.3) is 5.69 Å². The van der Waals surface area contributed by atoms with Gasteiger partial charge in [-0.25, -0.2) is 9.07 Å². The van der Waals surface area contributed by atoms with Gasteiger partial charge in [0.05, 0.1) is 12.7 Å². The van der Waals surface area contributed by atoms with Crippen molar-refractivity contribution >= 4 is 0 Å². The van der Waals surface area contributed by atoms with Gasteiger partial charge in [0.15, 0.2) is 5.82 Å². The molecule has 0 aliphatic carbocycles. The first-order valence-corrected chi connectivity index (χ1v) is 8.70. The summed E-state index contributed by atoms with van der Waals surface area (Å²) in [6.07, 6.45) is 3.70. The largest absolute Gasteiger partial charge is 0.340 e. The average Bonchev–Trinajstić information content (AvgIpc) is 3.26. The molecule has 3 aromatic rings. The molecule has 0 N–H and O–H groups in total.